The van der Waals surface area contributed by atoms with Crippen LogP contribution in [-0.2, 0) is 5.41 Å². The highest BCUT2D eigenvalue weighted by Gasteiger charge is 2.53. The van der Waals surface area contributed by atoms with E-state index in [1.807, 2.05) is 11.3 Å². The molecule has 13 rings (SSSR count). The normalized spacial score (nSPS) is 20.8. The van der Waals surface area contributed by atoms with Crippen molar-refractivity contribution >= 4 is 43.3 Å². The predicted octanol–water partition coefficient (Wildman–Crippen LogP) is 13.6. The maximum Gasteiger partial charge on any atom is 0.0740 e. The molecule has 54 heavy (non-hydrogen) atoms. The monoisotopic (exact) mass is 700 g/mol. The third kappa shape index (κ3) is 3.54. The molecular formula is C53H32S. The van der Waals surface area contributed by atoms with Crippen molar-refractivity contribution in [3.8, 4) is 21.6 Å². The first-order chi connectivity index (χ1) is 26.8. The molecule has 0 N–H and O–H groups in total. The Morgan fingerprint density at radius 2 is 1.35 bits per heavy atom. The summed E-state index contributed by atoms with van der Waals surface area (Å²) in [5.74, 6) is 0.225. The Morgan fingerprint density at radius 3 is 2.28 bits per heavy atom. The van der Waals surface area contributed by atoms with Gasteiger partial charge in [0.15, 0.2) is 0 Å². The van der Waals surface area contributed by atoms with Crippen LogP contribution < -0.4 is 0 Å². The summed E-state index contributed by atoms with van der Waals surface area (Å²) in [5, 5.41) is 3.98. The zero-order valence-corrected chi connectivity index (χ0v) is 30.3. The minimum absolute atomic E-state index is 0.225. The number of benzene rings is 6. The first-order valence-electron chi connectivity index (χ1n) is 19.1. The van der Waals surface area contributed by atoms with Gasteiger partial charge in [0.25, 0.3) is 0 Å². The van der Waals surface area contributed by atoms with Crippen LogP contribution in [0, 0.1) is 5.92 Å². The molecule has 2 atom stereocenters. The van der Waals surface area contributed by atoms with Crippen molar-refractivity contribution in [1.29, 1.82) is 0 Å². The second-order valence-corrected chi connectivity index (χ2v) is 16.5. The lowest BCUT2D eigenvalue weighted by Gasteiger charge is -2.39. The zero-order valence-electron chi connectivity index (χ0n) is 29.4. The van der Waals surface area contributed by atoms with Crippen LogP contribution >= 0.6 is 11.3 Å². The van der Waals surface area contributed by atoms with E-state index in [-0.39, 0.29) is 11.3 Å². The Kier molecular flexibility index (Phi) is 5.65. The van der Waals surface area contributed by atoms with Crippen LogP contribution in [-0.4, -0.2) is 0 Å². The Bertz CT molecular complexity index is 3120. The van der Waals surface area contributed by atoms with Gasteiger partial charge in [-0.3, -0.25) is 0 Å². The third-order valence-electron chi connectivity index (χ3n) is 13.0. The molecule has 7 aromatic rings. The largest absolute Gasteiger partial charge is 0.135 e. The van der Waals surface area contributed by atoms with Crippen molar-refractivity contribution in [2.45, 2.75) is 11.8 Å². The van der Waals surface area contributed by atoms with Crippen molar-refractivity contribution in [3.05, 3.63) is 237 Å². The quantitative estimate of drug-likeness (QED) is 0.168. The molecule has 2 unspecified atom stereocenters. The van der Waals surface area contributed by atoms with Gasteiger partial charge >= 0.3 is 0 Å². The molecular weight excluding hydrogens is 669 g/mol. The molecule has 0 fully saturated rings. The molecule has 1 aromatic heterocycles. The van der Waals surface area contributed by atoms with Crippen LogP contribution in [0.2, 0.25) is 0 Å². The molecule has 250 valence electrons. The third-order valence-corrected chi connectivity index (χ3v) is 14.2. The number of thiophene rings is 1. The van der Waals surface area contributed by atoms with E-state index in [0.29, 0.717) is 0 Å². The van der Waals surface area contributed by atoms with Crippen LogP contribution in [0.3, 0.4) is 0 Å². The number of allylic oxidation sites excluding steroid dienone is 14. The molecule has 1 heteroatoms. The Morgan fingerprint density at radius 1 is 0.611 bits per heavy atom. The number of rotatable bonds is 2. The van der Waals surface area contributed by atoms with E-state index in [1.54, 1.807) is 0 Å². The van der Waals surface area contributed by atoms with E-state index in [4.69, 9.17) is 0 Å². The summed E-state index contributed by atoms with van der Waals surface area (Å²) in [6.45, 7) is 0. The minimum atomic E-state index is -0.377. The summed E-state index contributed by atoms with van der Waals surface area (Å²) in [6.07, 6.45) is 17.8. The van der Waals surface area contributed by atoms with E-state index in [0.717, 1.165) is 6.42 Å². The molecule has 6 aromatic carbocycles. The zero-order chi connectivity index (χ0) is 35.1. The maximum absolute atomic E-state index is 2.57. The Labute approximate surface area is 318 Å². The first-order valence-corrected chi connectivity index (χ1v) is 19.9. The number of hydrogen-bond acceptors (Lipinski definition) is 1. The molecule has 6 aliphatic rings. The summed E-state index contributed by atoms with van der Waals surface area (Å²) < 4.78 is 1.36. The molecule has 0 saturated carbocycles. The second kappa shape index (κ2) is 10.4. The van der Waals surface area contributed by atoms with Gasteiger partial charge in [-0.2, -0.15) is 0 Å². The highest BCUT2D eigenvalue weighted by molar-refractivity contribution is 7.22. The average molecular weight is 701 g/mol. The first kappa shape index (κ1) is 29.2. The summed E-state index contributed by atoms with van der Waals surface area (Å²) in [4.78, 5) is 1.41. The molecule has 0 saturated heterocycles. The van der Waals surface area contributed by atoms with Crippen LogP contribution in [0.5, 0.6) is 0 Å². The van der Waals surface area contributed by atoms with E-state index < -0.39 is 0 Å². The fraction of sp³-hybridized carbons (Fsp3) is 0.0566. The van der Waals surface area contributed by atoms with Gasteiger partial charge in [-0.25, -0.2) is 0 Å². The van der Waals surface area contributed by atoms with E-state index in [2.05, 4.69) is 176 Å². The molecule has 0 nitrogen and oxygen atoms in total. The van der Waals surface area contributed by atoms with Crippen LogP contribution in [0.25, 0.3) is 53.6 Å². The SMILES string of the molecule is C1=CC2=CC(c3cccc4ccccc34)=C3CC=CC4=C3C2C(=C1)C(c1ccc2c(c1)C1(c3ccccc3-2)c2ccccc2-c2sc3ccccc3c21)=C4. The maximum atomic E-state index is 2.57. The Hall–Kier alpha value is -6.28. The smallest absolute Gasteiger partial charge is 0.0740 e. The van der Waals surface area contributed by atoms with Crippen LogP contribution in [0.4, 0.5) is 0 Å². The van der Waals surface area contributed by atoms with Gasteiger partial charge in [-0.1, -0.05) is 152 Å². The summed E-state index contributed by atoms with van der Waals surface area (Å²) in [7, 11) is 0. The van der Waals surface area contributed by atoms with E-state index in [1.165, 1.54) is 115 Å². The van der Waals surface area contributed by atoms with Crippen LogP contribution in [0.1, 0.15) is 39.8 Å². The lowest BCUT2D eigenvalue weighted by atomic mass is 9.63. The lowest BCUT2D eigenvalue weighted by Crippen LogP contribution is -2.26. The van der Waals surface area contributed by atoms with Gasteiger partial charge in [0.1, 0.15) is 0 Å². The lowest BCUT2D eigenvalue weighted by molar-refractivity contribution is 0.801. The topological polar surface area (TPSA) is 0 Å². The van der Waals surface area contributed by atoms with E-state index >= 15 is 0 Å². The Balaban J connectivity index is 1.06. The van der Waals surface area contributed by atoms with Gasteiger partial charge in [0, 0.05) is 15.5 Å². The van der Waals surface area contributed by atoms with Gasteiger partial charge in [-0.15, -0.1) is 11.3 Å². The number of fused-ring (bicyclic) bond motifs is 13. The second-order valence-electron chi connectivity index (χ2n) is 15.4. The fourth-order valence-corrected chi connectivity index (χ4v) is 12.2. The molecule has 6 aliphatic carbocycles. The van der Waals surface area contributed by atoms with Gasteiger partial charge in [0.2, 0.25) is 0 Å². The number of hydrogen-bond donors (Lipinski definition) is 0. The van der Waals surface area contributed by atoms with Gasteiger partial charge in [0.05, 0.1) is 5.41 Å². The fourth-order valence-electron chi connectivity index (χ4n) is 10.9. The molecule has 1 spiro atoms. The molecule has 1 heterocycles. The molecule has 0 aliphatic heterocycles. The molecule has 0 amide bonds. The van der Waals surface area contributed by atoms with Crippen molar-refractivity contribution in [2.75, 3.05) is 0 Å². The highest BCUT2D eigenvalue weighted by atomic mass is 32.1. The summed E-state index contributed by atoms with van der Waals surface area (Å²) in [5.41, 5.74) is 21.8. The predicted molar refractivity (Wildman–Crippen MR) is 227 cm³/mol. The standard InChI is InChI=1S/C53H32S/c1-2-16-35-31(12-1)13-9-20-36(35)44-29-34-15-10-21-39-43(28-33-14-11-22-40(44)50(33)49(34)39)32-26-27-38-37-17-3-6-23-45(37)53(47(38)30-32)46-24-7-4-18-41(46)52-51(53)42-19-5-8-25-48(42)54-52/h1-21,23-30,49H,22H2. The van der Waals surface area contributed by atoms with Crippen molar-refractivity contribution in [3.63, 3.8) is 0 Å². The van der Waals surface area contributed by atoms with Gasteiger partial charge in [-0.05, 0) is 136 Å². The minimum Gasteiger partial charge on any atom is -0.135 e. The van der Waals surface area contributed by atoms with Crippen LogP contribution in [0.15, 0.2) is 204 Å². The van der Waals surface area contributed by atoms with Gasteiger partial charge < -0.3 is 0 Å². The molecule has 0 bridgehead atoms. The van der Waals surface area contributed by atoms with Crippen molar-refractivity contribution in [2.24, 2.45) is 5.92 Å². The highest BCUT2D eigenvalue weighted by Crippen LogP contribution is 2.66. The molecule has 0 radical (unpaired) electrons. The average Bonchev–Trinajstić information content (AvgIpc) is 3.86. The van der Waals surface area contributed by atoms with Crippen molar-refractivity contribution in [1.82, 2.24) is 0 Å². The summed E-state index contributed by atoms with van der Waals surface area (Å²) >= 11 is 1.95. The summed E-state index contributed by atoms with van der Waals surface area (Å²) in [6, 6.07) is 50.4. The van der Waals surface area contributed by atoms with Crippen molar-refractivity contribution < 1.29 is 0 Å². The van der Waals surface area contributed by atoms with E-state index in [9.17, 15) is 0 Å².